The van der Waals surface area contributed by atoms with Gasteiger partial charge in [0.1, 0.15) is 12.5 Å². The van der Waals surface area contributed by atoms with E-state index >= 15 is 0 Å². The van der Waals surface area contributed by atoms with Crippen molar-refractivity contribution in [3.63, 3.8) is 0 Å². The molecule has 4 rings (SSSR count). The maximum absolute atomic E-state index is 12.6. The van der Waals surface area contributed by atoms with Crippen molar-refractivity contribution in [3.8, 4) is 34.8 Å². The van der Waals surface area contributed by atoms with Crippen molar-refractivity contribution < 1.29 is 34.3 Å². The number of carbonyl (C=O) groups is 1. The number of aryl methyl sites for hydroxylation is 2. The van der Waals surface area contributed by atoms with Gasteiger partial charge >= 0.3 is 0 Å². The molecule has 210 valence electrons. The van der Waals surface area contributed by atoms with Gasteiger partial charge in [-0.15, -0.1) is 0 Å². The van der Waals surface area contributed by atoms with E-state index in [2.05, 4.69) is 17.2 Å². The van der Waals surface area contributed by atoms with Crippen LogP contribution in [0.5, 0.6) is 23.0 Å². The Bertz CT molecular complexity index is 1190. The number of nitrogens with one attached hydrogen (secondary N) is 1. The first-order chi connectivity index (χ1) is 19.0. The van der Waals surface area contributed by atoms with Crippen molar-refractivity contribution in [1.82, 2.24) is 5.32 Å². The van der Waals surface area contributed by atoms with Crippen LogP contribution >= 0.6 is 0 Å². The summed E-state index contributed by atoms with van der Waals surface area (Å²) in [4.78, 5) is 12.6. The van der Waals surface area contributed by atoms with Crippen LogP contribution in [0.1, 0.15) is 73.6 Å². The predicted octanol–water partition coefficient (Wildman–Crippen LogP) is 3.78. The van der Waals surface area contributed by atoms with E-state index in [1.165, 1.54) is 26.4 Å². The first kappa shape index (κ1) is 28.8. The summed E-state index contributed by atoms with van der Waals surface area (Å²) in [7, 11) is 1.47. The molecule has 2 aromatic rings. The molecule has 0 heterocycles. The second-order valence-corrected chi connectivity index (χ2v) is 10.2. The first-order valence-electron chi connectivity index (χ1n) is 13.8. The molecular formula is C31H39NO7. The molecule has 2 bridgehead atoms. The fraction of sp³-hybridized carbons (Fsp3) is 0.516. The van der Waals surface area contributed by atoms with E-state index in [4.69, 9.17) is 14.2 Å². The number of hydrogen-bond donors (Lipinski definition) is 4. The number of phenolic OH excluding ortho intramolecular Hbond substituents is 1. The average Bonchev–Trinajstić information content (AvgIpc) is 2.93. The second kappa shape index (κ2) is 14.2. The molecule has 4 N–H and O–H groups in total. The Morgan fingerprint density at radius 1 is 1.00 bits per heavy atom. The van der Waals surface area contributed by atoms with Gasteiger partial charge in [0.25, 0.3) is 0 Å². The zero-order chi connectivity index (χ0) is 27.6. The minimum Gasteiger partial charge on any atom is -0.504 e. The highest BCUT2D eigenvalue weighted by Gasteiger charge is 2.19. The van der Waals surface area contributed by atoms with Crippen LogP contribution in [0.4, 0.5) is 0 Å². The lowest BCUT2D eigenvalue weighted by Gasteiger charge is -2.24. The van der Waals surface area contributed by atoms with E-state index in [-0.39, 0.29) is 30.1 Å². The van der Waals surface area contributed by atoms with Gasteiger partial charge in [-0.1, -0.05) is 43.2 Å². The van der Waals surface area contributed by atoms with Crippen LogP contribution in [0.2, 0.25) is 0 Å². The van der Waals surface area contributed by atoms with E-state index in [0.717, 1.165) is 29.5 Å². The van der Waals surface area contributed by atoms with Gasteiger partial charge in [-0.05, 0) is 55.4 Å². The van der Waals surface area contributed by atoms with Gasteiger partial charge in [-0.25, -0.2) is 0 Å². The molecule has 0 aliphatic heterocycles. The standard InChI is InChI=1S/C31H39NO7/c1-37-31-27-9-5-6-23-16-21(10-13-25(34)18-26(35)14-11-22(27)12-15-28(31)36)17-29(39-20-33)30(23)38-19-32-24-7-3-2-4-8-24/h12,15-17,24-25,32-34,36H,2-4,6-8,10-11,13-14,18-20H2,1H3/t25-/m1/s1. The van der Waals surface area contributed by atoms with Crippen molar-refractivity contribution >= 4 is 5.78 Å². The minimum atomic E-state index is -0.769. The molecule has 0 aromatic heterocycles. The molecule has 2 aliphatic carbocycles. The second-order valence-electron chi connectivity index (χ2n) is 10.2. The number of benzene rings is 2. The van der Waals surface area contributed by atoms with Crippen LogP contribution in [0.25, 0.3) is 0 Å². The maximum Gasteiger partial charge on any atom is 0.186 e. The topological polar surface area (TPSA) is 117 Å². The number of methoxy groups -OCH3 is 1. The van der Waals surface area contributed by atoms with Gasteiger partial charge in [0.15, 0.2) is 29.8 Å². The molecule has 0 saturated heterocycles. The van der Waals surface area contributed by atoms with Crippen LogP contribution in [0, 0.1) is 11.8 Å². The Labute approximate surface area is 230 Å². The number of aliphatic hydroxyl groups excluding tert-OH is 2. The van der Waals surface area contributed by atoms with Crippen molar-refractivity contribution in [2.45, 2.75) is 82.8 Å². The summed E-state index contributed by atoms with van der Waals surface area (Å²) >= 11 is 0. The van der Waals surface area contributed by atoms with Gasteiger partial charge in [0, 0.05) is 30.9 Å². The van der Waals surface area contributed by atoms with E-state index in [1.54, 1.807) is 12.1 Å². The number of hydrogen-bond acceptors (Lipinski definition) is 8. The first-order valence-corrected chi connectivity index (χ1v) is 13.8. The monoisotopic (exact) mass is 537 g/mol. The molecule has 0 amide bonds. The van der Waals surface area contributed by atoms with Crippen molar-refractivity contribution in [2.24, 2.45) is 0 Å². The quantitative estimate of drug-likeness (QED) is 0.311. The Hall–Kier alpha value is -3.25. The molecular weight excluding hydrogens is 498 g/mol. The number of Topliss-reactive ketones (excluding diaryl/α,β-unsaturated/α-hetero) is 1. The summed E-state index contributed by atoms with van der Waals surface area (Å²) in [5, 5.41) is 34.0. The molecule has 8 heteroatoms. The highest BCUT2D eigenvalue weighted by atomic mass is 16.6. The number of fused-ring (bicyclic) bond motifs is 3. The van der Waals surface area contributed by atoms with E-state index in [9.17, 15) is 20.1 Å². The third-order valence-electron chi connectivity index (χ3n) is 7.43. The Morgan fingerprint density at radius 2 is 1.82 bits per heavy atom. The number of ketones is 1. The number of aromatic hydroxyl groups is 1. The van der Waals surface area contributed by atoms with E-state index < -0.39 is 12.9 Å². The average molecular weight is 538 g/mol. The van der Waals surface area contributed by atoms with Crippen LogP contribution in [0.15, 0.2) is 24.3 Å². The maximum atomic E-state index is 12.6. The molecule has 2 aliphatic rings. The van der Waals surface area contributed by atoms with Gasteiger partial charge < -0.3 is 29.5 Å². The van der Waals surface area contributed by atoms with Gasteiger partial charge in [-0.3, -0.25) is 10.1 Å². The van der Waals surface area contributed by atoms with Gasteiger partial charge in [0.05, 0.1) is 18.8 Å². The smallest absolute Gasteiger partial charge is 0.186 e. The fourth-order valence-electron chi connectivity index (χ4n) is 5.34. The van der Waals surface area contributed by atoms with E-state index in [0.29, 0.717) is 55.5 Å². The highest BCUT2D eigenvalue weighted by molar-refractivity contribution is 5.79. The summed E-state index contributed by atoms with van der Waals surface area (Å²) in [6.07, 6.45) is 7.18. The molecule has 1 saturated carbocycles. The molecule has 0 unspecified atom stereocenters. The number of ether oxygens (including phenoxy) is 3. The predicted molar refractivity (Wildman–Crippen MR) is 147 cm³/mol. The van der Waals surface area contributed by atoms with Crippen LogP contribution in [0.3, 0.4) is 0 Å². The normalized spacial score (nSPS) is 18.6. The fourth-order valence-corrected chi connectivity index (χ4v) is 5.34. The zero-order valence-corrected chi connectivity index (χ0v) is 22.6. The molecule has 1 fully saturated rings. The number of rotatable bonds is 7. The van der Waals surface area contributed by atoms with E-state index in [1.807, 2.05) is 12.1 Å². The molecule has 1 atom stereocenters. The molecule has 0 spiro atoms. The zero-order valence-electron chi connectivity index (χ0n) is 22.6. The van der Waals surface area contributed by atoms with Crippen LogP contribution in [-0.4, -0.2) is 53.9 Å². The van der Waals surface area contributed by atoms with Gasteiger partial charge in [-0.2, -0.15) is 0 Å². The SMILES string of the molecule is COc1c(O)ccc2c1C#CCc1cc(cc(OCO)c1OCNC1CCCCC1)CC[C@@H](O)CC(=O)CC2. The summed E-state index contributed by atoms with van der Waals surface area (Å²) in [5.74, 6) is 7.47. The lowest BCUT2D eigenvalue weighted by molar-refractivity contribution is -0.121. The minimum absolute atomic E-state index is 0.0244. The summed E-state index contributed by atoms with van der Waals surface area (Å²) < 4.78 is 17.2. The molecule has 8 nitrogen and oxygen atoms in total. The highest BCUT2D eigenvalue weighted by Crippen LogP contribution is 2.35. The summed E-state index contributed by atoms with van der Waals surface area (Å²) in [6, 6.07) is 7.50. The Kier molecular flexibility index (Phi) is 10.5. The summed E-state index contributed by atoms with van der Waals surface area (Å²) in [5.41, 5.74) is 3.00. The van der Waals surface area contributed by atoms with Crippen LogP contribution in [-0.2, 0) is 24.1 Å². The van der Waals surface area contributed by atoms with Crippen molar-refractivity contribution in [3.05, 3.63) is 46.5 Å². The molecule has 2 aromatic carbocycles. The molecule has 39 heavy (non-hydrogen) atoms. The van der Waals surface area contributed by atoms with Gasteiger partial charge in [0.2, 0.25) is 0 Å². The third-order valence-corrected chi connectivity index (χ3v) is 7.43. The summed E-state index contributed by atoms with van der Waals surface area (Å²) in [6.45, 7) is -0.209. The van der Waals surface area contributed by atoms with Crippen LogP contribution < -0.4 is 19.5 Å². The van der Waals surface area contributed by atoms with Crippen molar-refractivity contribution in [2.75, 3.05) is 20.6 Å². The molecule has 0 radical (unpaired) electrons. The lowest BCUT2D eigenvalue weighted by Crippen LogP contribution is -2.34. The third kappa shape index (κ3) is 7.89. The number of carbonyl (C=O) groups excluding carboxylic acids is 1. The number of phenols is 1. The largest absolute Gasteiger partial charge is 0.504 e. The van der Waals surface area contributed by atoms with Crippen molar-refractivity contribution in [1.29, 1.82) is 0 Å². The number of aliphatic hydroxyl groups is 2. The Morgan fingerprint density at radius 3 is 2.59 bits per heavy atom. The lowest BCUT2D eigenvalue weighted by atomic mass is 9.96. The Balaban J connectivity index is 1.69.